The third-order valence-electron chi connectivity index (χ3n) is 3.62. The number of allylic oxidation sites excluding steroid dienone is 4. The SMILES string of the molecule is CCCCCCCCC1=[C]([Mn])CC(C)=C1C.[C]=O.[C]=O.[C]=O. The molecule has 1 aliphatic carbocycles. The molecule has 0 aliphatic heterocycles. The Kier molecular flexibility index (Phi) is 23.6. The molecular formula is C18H25MnO3. The maximum atomic E-state index is 7.50. The standard InChI is InChI=1S/C15H25.3CO.Mn/c1-4-5-6-7-8-9-10-15-12-11-13(2)14(15)3;3*1-2;/h4-11H2,1-3H3;;;;. The van der Waals surface area contributed by atoms with Crippen molar-refractivity contribution in [2.75, 3.05) is 0 Å². The van der Waals surface area contributed by atoms with E-state index in [4.69, 9.17) is 14.4 Å². The van der Waals surface area contributed by atoms with Gasteiger partial charge in [-0.05, 0) is 0 Å². The smallest absolute Gasteiger partial charge is 0.281 e. The van der Waals surface area contributed by atoms with E-state index in [1.54, 1.807) is 16.7 Å². The Bertz CT molecular complexity index is 330. The van der Waals surface area contributed by atoms with Crippen LogP contribution in [0.1, 0.15) is 72.1 Å². The van der Waals surface area contributed by atoms with E-state index in [0.29, 0.717) is 0 Å². The Labute approximate surface area is 144 Å². The summed E-state index contributed by atoms with van der Waals surface area (Å²) in [6.45, 7) is 20.3. The van der Waals surface area contributed by atoms with Crippen molar-refractivity contribution in [3.05, 3.63) is 21.2 Å². The van der Waals surface area contributed by atoms with E-state index in [9.17, 15) is 0 Å². The van der Waals surface area contributed by atoms with Gasteiger partial charge in [0.05, 0.1) is 0 Å². The zero-order valence-electron chi connectivity index (χ0n) is 13.8. The Morgan fingerprint density at radius 2 is 1.32 bits per heavy atom. The van der Waals surface area contributed by atoms with E-state index in [0.717, 1.165) is 6.42 Å². The van der Waals surface area contributed by atoms with Crippen LogP contribution in [0.5, 0.6) is 0 Å². The molecule has 1 rings (SSSR count). The van der Waals surface area contributed by atoms with Crippen LogP contribution in [0.2, 0.25) is 0 Å². The number of carbonyl (C=O) groups excluding carboxylic acids is 3. The van der Waals surface area contributed by atoms with Crippen LogP contribution in [0.3, 0.4) is 0 Å². The van der Waals surface area contributed by atoms with Gasteiger partial charge < -0.3 is 0 Å². The Hall–Kier alpha value is -0.991. The second-order valence-electron chi connectivity index (χ2n) is 4.98. The zero-order chi connectivity index (χ0) is 18.0. The molecule has 0 aromatic heterocycles. The van der Waals surface area contributed by atoms with E-state index in [1.165, 1.54) is 49.4 Å². The van der Waals surface area contributed by atoms with Crippen LogP contribution in [0.15, 0.2) is 21.2 Å². The molecule has 0 bridgehead atoms. The summed E-state index contributed by atoms with van der Waals surface area (Å²) in [5, 5.41) is 0. The number of hydrogen-bond donors (Lipinski definition) is 0. The fourth-order valence-electron chi connectivity index (χ4n) is 2.34. The molecule has 0 aromatic rings. The summed E-state index contributed by atoms with van der Waals surface area (Å²) in [6, 6.07) is 0. The molecule has 4 heteroatoms. The Morgan fingerprint density at radius 1 is 0.864 bits per heavy atom. The van der Waals surface area contributed by atoms with Gasteiger partial charge in [-0.2, -0.15) is 0 Å². The molecule has 0 aromatic carbocycles. The first kappa shape index (κ1) is 25.9. The summed E-state index contributed by atoms with van der Waals surface area (Å²) < 4.78 is 1.44. The molecule has 0 amide bonds. The van der Waals surface area contributed by atoms with E-state index >= 15 is 0 Å². The van der Waals surface area contributed by atoms with Gasteiger partial charge in [0.15, 0.2) is 0 Å². The van der Waals surface area contributed by atoms with Crippen LogP contribution in [-0.4, -0.2) is 20.4 Å². The third kappa shape index (κ3) is 11.6. The molecule has 22 heavy (non-hydrogen) atoms. The summed E-state index contributed by atoms with van der Waals surface area (Å²) in [4.78, 5) is 22.5. The fraction of sp³-hybridized carbons (Fsp3) is 0.611. The normalized spacial score (nSPS) is 12.5. The predicted molar refractivity (Wildman–Crippen MR) is 85.1 cm³/mol. The Morgan fingerprint density at radius 3 is 1.73 bits per heavy atom. The van der Waals surface area contributed by atoms with Crippen LogP contribution in [0.25, 0.3) is 0 Å². The quantitative estimate of drug-likeness (QED) is 0.516. The Balaban J connectivity index is -0.000000535. The molecule has 0 N–H and O–H groups in total. The molecule has 1 aliphatic rings. The monoisotopic (exact) mass is 344 g/mol. The van der Waals surface area contributed by atoms with Gasteiger partial charge >= 0.3 is 109 Å². The average Bonchev–Trinajstić information content (AvgIpc) is 2.82. The summed E-state index contributed by atoms with van der Waals surface area (Å²) >= 11 is 3.72. The van der Waals surface area contributed by atoms with Crippen LogP contribution in [0, 0.1) is 0 Å². The van der Waals surface area contributed by atoms with Crippen LogP contribution < -0.4 is 0 Å². The van der Waals surface area contributed by atoms with Gasteiger partial charge in [0.25, 0.3) is 20.4 Å². The molecule has 0 spiro atoms. The van der Waals surface area contributed by atoms with Gasteiger partial charge in [-0.25, -0.2) is 0 Å². The molecule has 122 valence electrons. The maximum absolute atomic E-state index is 7.50. The number of rotatable bonds is 7. The first-order valence-electron chi connectivity index (χ1n) is 7.32. The molecule has 0 unspecified atom stereocenters. The molecule has 0 saturated carbocycles. The maximum Gasteiger partial charge on any atom is 0.281 e. The first-order chi connectivity index (χ1) is 10.7. The summed E-state index contributed by atoms with van der Waals surface area (Å²) in [5.41, 5.74) is 4.68. The van der Waals surface area contributed by atoms with Crippen molar-refractivity contribution in [1.29, 1.82) is 0 Å². The number of hydrogen-bond acceptors (Lipinski definition) is 3. The average molecular weight is 344 g/mol. The minimum absolute atomic E-state index is 1.15. The van der Waals surface area contributed by atoms with Crippen LogP contribution >= 0.6 is 0 Å². The van der Waals surface area contributed by atoms with Crippen molar-refractivity contribution in [2.24, 2.45) is 0 Å². The van der Waals surface area contributed by atoms with Crippen molar-refractivity contribution in [1.82, 2.24) is 0 Å². The van der Waals surface area contributed by atoms with Crippen molar-refractivity contribution in [3.63, 3.8) is 0 Å². The van der Waals surface area contributed by atoms with Gasteiger partial charge in [0.1, 0.15) is 0 Å². The van der Waals surface area contributed by atoms with Crippen molar-refractivity contribution >= 4 is 20.4 Å². The predicted octanol–water partition coefficient (Wildman–Crippen LogP) is 4.09. The molecule has 0 atom stereocenters. The van der Waals surface area contributed by atoms with Crippen molar-refractivity contribution < 1.29 is 30.4 Å². The summed E-state index contributed by atoms with van der Waals surface area (Å²) in [7, 11) is 0. The van der Waals surface area contributed by atoms with Crippen LogP contribution in [0.4, 0.5) is 0 Å². The third-order valence-corrected chi connectivity index (χ3v) is 4.19. The molecular weight excluding hydrogens is 319 g/mol. The largest absolute Gasteiger partial charge is 0.281 e. The van der Waals surface area contributed by atoms with E-state index < -0.39 is 0 Å². The second-order valence-corrected chi connectivity index (χ2v) is 5.70. The van der Waals surface area contributed by atoms with Gasteiger partial charge in [0.2, 0.25) is 0 Å². The van der Waals surface area contributed by atoms with E-state index in [-0.39, 0.29) is 0 Å². The van der Waals surface area contributed by atoms with Crippen molar-refractivity contribution in [2.45, 2.75) is 72.1 Å². The molecule has 0 saturated heterocycles. The molecule has 0 fully saturated rings. The van der Waals surface area contributed by atoms with E-state index in [1.807, 2.05) is 0 Å². The first-order valence-corrected chi connectivity index (χ1v) is 7.91. The van der Waals surface area contributed by atoms with Crippen LogP contribution in [-0.2, 0) is 30.4 Å². The van der Waals surface area contributed by atoms with Gasteiger partial charge in [0, 0.05) is 0 Å². The van der Waals surface area contributed by atoms with Gasteiger partial charge in [-0.15, -0.1) is 0 Å². The van der Waals surface area contributed by atoms with Gasteiger partial charge in [-0.3, -0.25) is 14.4 Å². The van der Waals surface area contributed by atoms with Crippen molar-refractivity contribution in [3.8, 4) is 0 Å². The van der Waals surface area contributed by atoms with Gasteiger partial charge in [-0.1, -0.05) is 0 Å². The minimum Gasteiger partial charge on any atom is -0.281 e. The zero-order valence-corrected chi connectivity index (χ0v) is 14.9. The molecule has 6 radical (unpaired) electrons. The summed E-state index contributed by atoms with van der Waals surface area (Å²) in [6.07, 6.45) is 10.8. The molecule has 3 nitrogen and oxygen atoms in total. The van der Waals surface area contributed by atoms with E-state index in [2.05, 4.69) is 57.2 Å². The topological polar surface area (TPSA) is 51.2 Å². The minimum atomic E-state index is 1.15. The molecule has 0 heterocycles. The summed E-state index contributed by atoms with van der Waals surface area (Å²) in [5.74, 6) is 0. The fourth-order valence-corrected chi connectivity index (χ4v) is 3.02. The number of unbranched alkanes of at least 4 members (excludes halogenated alkanes) is 5. The second kappa shape index (κ2) is 20.0.